The Morgan fingerprint density at radius 2 is 2.07 bits per heavy atom. The fraction of sp³-hybridized carbons (Fsp3) is 0.815. The minimum atomic E-state index is -4.10. The maximum Gasteiger partial charge on any atom is 0.354 e. The minimum absolute atomic E-state index is 0.0165. The first-order valence-electron chi connectivity index (χ1n) is 14.8. The maximum absolute atomic E-state index is 13.1. The van der Waals surface area contributed by atoms with Crippen LogP contribution in [-0.4, -0.2) is 76.8 Å². The molecule has 0 spiro atoms. The Kier molecular flexibility index (Phi) is 12.4. The summed E-state index contributed by atoms with van der Waals surface area (Å²) in [4.78, 5) is 34.7. The molecule has 0 bridgehead atoms. The Morgan fingerprint density at radius 3 is 2.76 bits per heavy atom. The Labute approximate surface area is 248 Å². The van der Waals surface area contributed by atoms with Crippen LogP contribution < -0.4 is 27.0 Å². The van der Waals surface area contributed by atoms with E-state index in [1.54, 1.807) is 6.08 Å². The van der Waals surface area contributed by atoms with Crippen molar-refractivity contribution in [3.05, 3.63) is 11.4 Å². The molecule has 14 heteroatoms. The van der Waals surface area contributed by atoms with Crippen LogP contribution in [0.1, 0.15) is 79.1 Å². The summed E-state index contributed by atoms with van der Waals surface area (Å²) < 4.78 is 24.8. The van der Waals surface area contributed by atoms with Gasteiger partial charge in [-0.3, -0.25) is 14.8 Å². The third kappa shape index (κ3) is 9.35. The van der Waals surface area contributed by atoms with Crippen LogP contribution in [0.25, 0.3) is 0 Å². The molecule has 0 aromatic carbocycles. The Bertz CT molecular complexity index is 1010. The van der Waals surface area contributed by atoms with Gasteiger partial charge in [0.05, 0.1) is 30.4 Å². The maximum atomic E-state index is 13.1. The lowest BCUT2D eigenvalue weighted by Gasteiger charge is -2.37. The van der Waals surface area contributed by atoms with E-state index in [0.29, 0.717) is 24.6 Å². The Morgan fingerprint density at radius 1 is 1.34 bits per heavy atom. The summed E-state index contributed by atoms with van der Waals surface area (Å²) in [5.41, 5.74) is 5.38. The summed E-state index contributed by atoms with van der Waals surface area (Å²) in [5.74, 6) is 0.578. The second-order valence-electron chi connectivity index (χ2n) is 11.6. The number of fused-ring (bicyclic) bond motifs is 1. The number of carbonyl (C=O) groups is 2. The molecule has 8 N–H and O–H groups in total. The zero-order valence-electron chi connectivity index (χ0n) is 24.7. The van der Waals surface area contributed by atoms with Gasteiger partial charge < -0.3 is 41.2 Å². The van der Waals surface area contributed by atoms with Gasteiger partial charge in [0.15, 0.2) is 5.96 Å². The van der Waals surface area contributed by atoms with Crippen LogP contribution >= 0.6 is 19.4 Å². The molecule has 2 fully saturated rings. The van der Waals surface area contributed by atoms with Crippen molar-refractivity contribution in [1.82, 2.24) is 21.3 Å². The first-order valence-corrected chi connectivity index (χ1v) is 17.4. The molecule has 0 aromatic heterocycles. The fourth-order valence-electron chi connectivity index (χ4n) is 5.73. The zero-order valence-corrected chi connectivity index (χ0v) is 26.5. The van der Waals surface area contributed by atoms with Crippen molar-refractivity contribution >= 4 is 37.3 Å². The van der Waals surface area contributed by atoms with Crippen molar-refractivity contribution in [2.24, 2.45) is 11.7 Å². The van der Waals surface area contributed by atoms with E-state index in [2.05, 4.69) is 28.2 Å². The minimum Gasteiger partial charge on any atom is -0.371 e. The van der Waals surface area contributed by atoms with E-state index in [0.717, 1.165) is 37.9 Å². The predicted octanol–water partition coefficient (Wildman–Crippen LogP) is 3.16. The second-order valence-corrected chi connectivity index (χ2v) is 14.7. The summed E-state index contributed by atoms with van der Waals surface area (Å²) in [6, 6.07) is -0.303. The molecule has 0 saturated carbocycles. The largest absolute Gasteiger partial charge is 0.371 e. The third-order valence-corrected chi connectivity index (χ3v) is 11.6. The van der Waals surface area contributed by atoms with Crippen molar-refractivity contribution in [2.75, 3.05) is 18.9 Å². The molecule has 12 nitrogen and oxygen atoms in total. The molecule has 2 heterocycles. The van der Waals surface area contributed by atoms with Crippen molar-refractivity contribution in [1.29, 1.82) is 5.41 Å². The van der Waals surface area contributed by atoms with Gasteiger partial charge in [-0.2, -0.15) is 11.8 Å². The fourth-order valence-corrected chi connectivity index (χ4v) is 8.74. The summed E-state index contributed by atoms with van der Waals surface area (Å²) in [6.45, 7) is 8.49. The summed E-state index contributed by atoms with van der Waals surface area (Å²) in [6.07, 6.45) is 6.59. The topological polar surface area (TPSA) is 188 Å². The number of guanidine groups is 1. The van der Waals surface area contributed by atoms with Crippen LogP contribution in [0.2, 0.25) is 0 Å². The Hall–Kier alpha value is -1.79. The van der Waals surface area contributed by atoms with Gasteiger partial charge in [-0.15, -0.1) is 0 Å². The van der Waals surface area contributed by atoms with Crippen LogP contribution in [0.3, 0.4) is 0 Å². The van der Waals surface area contributed by atoms with Crippen LogP contribution in [0.4, 0.5) is 4.79 Å². The SMILES string of the molecule is CCC(CC)O[C@@H]1C=C(P(=O)(O)OCCCNC(=O)CCCCC2SC[C@]3(C)NC(=O)N[C@H]23)C[C@H](NC(=N)N)[C@H]1C. The number of hydrogen-bond donors (Lipinski definition) is 7. The van der Waals surface area contributed by atoms with Crippen molar-refractivity contribution in [3.8, 4) is 0 Å². The smallest absolute Gasteiger partial charge is 0.354 e. The van der Waals surface area contributed by atoms with E-state index in [1.807, 2.05) is 32.5 Å². The lowest BCUT2D eigenvalue weighted by atomic mass is 9.87. The quantitative estimate of drug-likeness (QED) is 0.0449. The number of nitrogens with two attached hydrogens (primary N) is 1. The molecule has 2 saturated heterocycles. The zero-order chi connectivity index (χ0) is 30.2. The standard InChI is InChI=1S/C27H49N6O6PS/c1-5-18(6-2)39-21-15-19(14-20(17(21)3)31-25(28)29)40(36,37)38-13-9-12-30-23(34)11-8-7-10-22-24-27(4,16-41-22)33-26(35)32-24/h15,17-18,20-22,24H,5-14,16H2,1-4H3,(H,30,34)(H,36,37)(H4,28,29,31)(H2,32,33,35)/t17-,20+,21-,22?,24-,27+/m1/s1. The lowest BCUT2D eigenvalue weighted by Crippen LogP contribution is -2.49. The van der Waals surface area contributed by atoms with Crippen molar-refractivity contribution in [2.45, 2.75) is 114 Å². The summed E-state index contributed by atoms with van der Waals surface area (Å²) in [7, 11) is -4.10. The highest BCUT2D eigenvalue weighted by molar-refractivity contribution is 8.00. The number of nitrogens with one attached hydrogen (secondary N) is 5. The monoisotopic (exact) mass is 616 g/mol. The number of urea groups is 1. The molecule has 2 aliphatic heterocycles. The number of ether oxygens (including phenoxy) is 1. The van der Waals surface area contributed by atoms with E-state index < -0.39 is 13.7 Å². The molecule has 3 amide bonds. The van der Waals surface area contributed by atoms with Crippen molar-refractivity contribution < 1.29 is 28.3 Å². The highest BCUT2D eigenvalue weighted by Crippen LogP contribution is 2.55. The molecule has 1 aliphatic carbocycles. The Balaban J connectivity index is 1.37. The number of thioether (sulfide) groups is 1. The molecule has 7 atom stereocenters. The summed E-state index contributed by atoms with van der Waals surface area (Å²) >= 11 is 1.87. The van der Waals surface area contributed by atoms with E-state index in [1.165, 1.54) is 0 Å². The molecule has 3 aliphatic rings. The van der Waals surface area contributed by atoms with Crippen LogP contribution in [0.15, 0.2) is 11.4 Å². The highest BCUT2D eigenvalue weighted by atomic mass is 32.2. The molecule has 0 radical (unpaired) electrons. The average Bonchev–Trinajstić information content (AvgIpc) is 3.37. The van der Waals surface area contributed by atoms with Gasteiger partial charge in [-0.1, -0.05) is 27.2 Å². The highest BCUT2D eigenvalue weighted by Gasteiger charge is 2.51. The number of amides is 3. The molecule has 2 unspecified atom stereocenters. The molecular weight excluding hydrogens is 567 g/mol. The number of rotatable bonds is 16. The van der Waals surface area contributed by atoms with E-state index in [-0.39, 0.29) is 65.9 Å². The van der Waals surface area contributed by atoms with Gasteiger partial charge in [-0.05, 0) is 45.1 Å². The number of hydrogen-bond acceptors (Lipinski definition) is 7. The van der Waals surface area contributed by atoms with E-state index in [4.69, 9.17) is 20.4 Å². The average molecular weight is 617 g/mol. The first kappa shape index (κ1) is 33.7. The van der Waals surface area contributed by atoms with E-state index >= 15 is 0 Å². The normalized spacial score (nSPS) is 30.6. The van der Waals surface area contributed by atoms with Crippen LogP contribution in [0.5, 0.6) is 0 Å². The van der Waals surface area contributed by atoms with Gasteiger partial charge in [0.25, 0.3) is 0 Å². The molecular formula is C27H49N6O6PS. The second kappa shape index (κ2) is 15.1. The molecule has 234 valence electrons. The van der Waals surface area contributed by atoms with Crippen LogP contribution in [-0.2, 0) is 18.6 Å². The molecule has 0 aromatic rings. The van der Waals surface area contributed by atoms with Gasteiger partial charge in [0.2, 0.25) is 5.91 Å². The lowest BCUT2D eigenvalue weighted by molar-refractivity contribution is -0.121. The van der Waals surface area contributed by atoms with Gasteiger partial charge in [-0.25, -0.2) is 4.79 Å². The first-order chi connectivity index (χ1) is 19.4. The summed E-state index contributed by atoms with van der Waals surface area (Å²) in [5, 5.41) is 20.0. The number of unbranched alkanes of at least 4 members (excludes halogenated alkanes) is 1. The third-order valence-electron chi connectivity index (χ3n) is 8.30. The molecule has 41 heavy (non-hydrogen) atoms. The van der Waals surface area contributed by atoms with Gasteiger partial charge >= 0.3 is 13.6 Å². The molecule has 3 rings (SSSR count). The van der Waals surface area contributed by atoms with Gasteiger partial charge in [0, 0.05) is 47.7 Å². The predicted molar refractivity (Wildman–Crippen MR) is 162 cm³/mol. The van der Waals surface area contributed by atoms with Gasteiger partial charge in [0.1, 0.15) is 0 Å². The van der Waals surface area contributed by atoms with Crippen LogP contribution in [0, 0.1) is 11.3 Å². The number of carbonyl (C=O) groups excluding carboxylic acids is 2. The van der Waals surface area contributed by atoms with Crippen molar-refractivity contribution in [3.63, 3.8) is 0 Å². The van der Waals surface area contributed by atoms with E-state index in [9.17, 15) is 19.0 Å².